The average molecular weight is 294 g/mol. The van der Waals surface area contributed by atoms with Crippen LogP contribution in [0.4, 0.5) is 4.39 Å². The van der Waals surface area contributed by atoms with E-state index >= 15 is 0 Å². The van der Waals surface area contributed by atoms with Crippen LogP contribution >= 0.6 is 0 Å². The van der Waals surface area contributed by atoms with Gasteiger partial charge in [-0.3, -0.25) is 14.5 Å². The Balaban J connectivity index is 1.90. The Kier molecular flexibility index (Phi) is 4.57. The predicted molar refractivity (Wildman–Crippen MR) is 75.1 cm³/mol. The van der Waals surface area contributed by atoms with Crippen molar-refractivity contribution < 1.29 is 19.1 Å². The number of nitrogens with one attached hydrogen (secondary N) is 1. The number of rotatable bonds is 5. The number of halogens is 1. The highest BCUT2D eigenvalue weighted by Gasteiger charge is 2.43. The molecule has 1 atom stereocenters. The first-order valence-corrected chi connectivity index (χ1v) is 6.92. The summed E-state index contributed by atoms with van der Waals surface area (Å²) in [5.41, 5.74) is -0.580. The molecular formula is C15H19FN2O3. The fourth-order valence-electron chi connectivity index (χ4n) is 2.58. The Morgan fingerprint density at radius 1 is 1.43 bits per heavy atom. The number of carboxylic acids is 1. The molecule has 0 saturated carbocycles. The first-order valence-electron chi connectivity index (χ1n) is 6.92. The molecule has 1 aliphatic rings. The molecule has 6 heteroatoms. The number of benzene rings is 1. The molecule has 0 radical (unpaired) electrons. The van der Waals surface area contributed by atoms with E-state index in [2.05, 4.69) is 5.32 Å². The van der Waals surface area contributed by atoms with Crippen molar-refractivity contribution in [3.63, 3.8) is 0 Å². The lowest BCUT2D eigenvalue weighted by Crippen LogP contribution is -2.51. The number of amides is 1. The molecule has 0 aromatic heterocycles. The van der Waals surface area contributed by atoms with Crippen LogP contribution in [-0.2, 0) is 16.1 Å². The van der Waals surface area contributed by atoms with Crippen LogP contribution in [0.15, 0.2) is 24.3 Å². The van der Waals surface area contributed by atoms with Crippen molar-refractivity contribution in [2.75, 3.05) is 13.1 Å². The lowest BCUT2D eigenvalue weighted by Gasteiger charge is -2.30. The number of carbonyl (C=O) groups is 2. The second kappa shape index (κ2) is 6.22. The van der Waals surface area contributed by atoms with Gasteiger partial charge in [0.05, 0.1) is 6.54 Å². The number of hydrogen-bond donors (Lipinski definition) is 2. The van der Waals surface area contributed by atoms with Crippen LogP contribution in [0.3, 0.4) is 0 Å². The quantitative estimate of drug-likeness (QED) is 0.861. The van der Waals surface area contributed by atoms with E-state index in [0.29, 0.717) is 18.5 Å². The number of carbonyl (C=O) groups excluding carboxylic acids is 1. The van der Waals surface area contributed by atoms with Crippen LogP contribution in [0.1, 0.15) is 25.3 Å². The molecule has 1 amide bonds. The van der Waals surface area contributed by atoms with Crippen molar-refractivity contribution in [1.29, 1.82) is 0 Å². The Morgan fingerprint density at radius 3 is 2.81 bits per heavy atom. The van der Waals surface area contributed by atoms with Crippen LogP contribution in [-0.4, -0.2) is 40.5 Å². The molecule has 1 aromatic rings. The molecule has 1 saturated heterocycles. The zero-order chi connectivity index (χ0) is 15.5. The molecule has 2 N–H and O–H groups in total. The average Bonchev–Trinajstić information content (AvgIpc) is 2.81. The van der Waals surface area contributed by atoms with E-state index in [1.807, 2.05) is 0 Å². The fourth-order valence-corrected chi connectivity index (χ4v) is 2.58. The molecule has 114 valence electrons. The van der Waals surface area contributed by atoms with Gasteiger partial charge in [-0.1, -0.05) is 18.2 Å². The molecule has 1 aromatic carbocycles. The van der Waals surface area contributed by atoms with E-state index in [1.165, 1.54) is 6.07 Å². The van der Waals surface area contributed by atoms with Crippen LogP contribution in [0.2, 0.25) is 0 Å². The van der Waals surface area contributed by atoms with Gasteiger partial charge in [0.1, 0.15) is 11.4 Å². The smallest absolute Gasteiger partial charge is 0.323 e. The molecule has 1 fully saturated rings. The molecule has 1 aliphatic heterocycles. The second-order valence-corrected chi connectivity index (χ2v) is 5.47. The third-order valence-electron chi connectivity index (χ3n) is 4.02. The van der Waals surface area contributed by atoms with E-state index in [1.54, 1.807) is 30.0 Å². The molecule has 1 heterocycles. The van der Waals surface area contributed by atoms with Crippen LogP contribution in [0, 0.1) is 5.82 Å². The molecule has 1 unspecified atom stereocenters. The second-order valence-electron chi connectivity index (χ2n) is 5.47. The number of nitrogens with zero attached hydrogens (tertiary/aromatic N) is 1. The van der Waals surface area contributed by atoms with Crippen molar-refractivity contribution in [3.05, 3.63) is 35.6 Å². The van der Waals surface area contributed by atoms with Crippen molar-refractivity contribution in [2.24, 2.45) is 0 Å². The normalized spacial score (nSPS) is 22.2. The Labute approximate surface area is 122 Å². The van der Waals surface area contributed by atoms with Gasteiger partial charge in [0, 0.05) is 12.1 Å². The minimum atomic E-state index is -0.991. The molecule has 0 bridgehead atoms. The van der Waals surface area contributed by atoms with Crippen molar-refractivity contribution in [2.45, 2.75) is 31.8 Å². The summed E-state index contributed by atoms with van der Waals surface area (Å²) in [7, 11) is 0. The largest absolute Gasteiger partial charge is 0.480 e. The highest BCUT2D eigenvalue weighted by Crippen LogP contribution is 2.28. The molecule has 2 rings (SSSR count). The summed E-state index contributed by atoms with van der Waals surface area (Å²) >= 11 is 0. The summed E-state index contributed by atoms with van der Waals surface area (Å²) in [6, 6.07) is 6.23. The minimum absolute atomic E-state index is 0.0112. The number of carboxylic acid groups (broad SMARTS) is 1. The van der Waals surface area contributed by atoms with Crippen LogP contribution < -0.4 is 5.32 Å². The first kappa shape index (κ1) is 15.4. The fraction of sp³-hybridized carbons (Fsp3) is 0.467. The molecule has 0 aliphatic carbocycles. The zero-order valence-electron chi connectivity index (χ0n) is 11.9. The number of likely N-dealkylation sites (tertiary alicyclic amines) is 1. The van der Waals surface area contributed by atoms with Gasteiger partial charge >= 0.3 is 5.97 Å². The highest BCUT2D eigenvalue weighted by molar-refractivity contribution is 5.82. The molecule has 5 nitrogen and oxygen atoms in total. The maximum absolute atomic E-state index is 13.4. The van der Waals surface area contributed by atoms with E-state index in [9.17, 15) is 19.1 Å². The monoisotopic (exact) mass is 294 g/mol. The van der Waals surface area contributed by atoms with E-state index < -0.39 is 11.5 Å². The van der Waals surface area contributed by atoms with Gasteiger partial charge in [0.2, 0.25) is 5.91 Å². The molecule has 0 spiro atoms. The zero-order valence-corrected chi connectivity index (χ0v) is 11.9. The van der Waals surface area contributed by atoms with Gasteiger partial charge in [0.15, 0.2) is 0 Å². The Hall–Kier alpha value is -1.95. The van der Waals surface area contributed by atoms with Gasteiger partial charge < -0.3 is 10.4 Å². The summed E-state index contributed by atoms with van der Waals surface area (Å²) in [6.07, 6.45) is 1.28. The van der Waals surface area contributed by atoms with Crippen LogP contribution in [0.5, 0.6) is 0 Å². The van der Waals surface area contributed by atoms with Crippen molar-refractivity contribution >= 4 is 11.9 Å². The lowest BCUT2D eigenvalue weighted by molar-refractivity contribution is -0.149. The van der Waals surface area contributed by atoms with Gasteiger partial charge in [-0.2, -0.15) is 0 Å². The SMILES string of the molecule is CC1(C(=O)O)CCCN1CC(=O)NCc1ccccc1F. The van der Waals surface area contributed by atoms with Crippen molar-refractivity contribution in [3.8, 4) is 0 Å². The van der Waals surface area contributed by atoms with E-state index in [4.69, 9.17) is 0 Å². The summed E-state index contributed by atoms with van der Waals surface area (Å²) in [6.45, 7) is 2.32. The summed E-state index contributed by atoms with van der Waals surface area (Å²) in [5.74, 6) is -1.58. The minimum Gasteiger partial charge on any atom is -0.480 e. The summed E-state index contributed by atoms with van der Waals surface area (Å²) in [5, 5.41) is 11.9. The van der Waals surface area contributed by atoms with Crippen molar-refractivity contribution in [1.82, 2.24) is 10.2 Å². The topological polar surface area (TPSA) is 69.6 Å². The van der Waals surface area contributed by atoms with Gasteiger partial charge in [-0.25, -0.2) is 4.39 Å². The highest BCUT2D eigenvalue weighted by atomic mass is 19.1. The number of aliphatic carboxylic acids is 1. The summed E-state index contributed by atoms with van der Waals surface area (Å²) < 4.78 is 13.4. The van der Waals surface area contributed by atoms with Gasteiger partial charge in [-0.05, 0) is 32.4 Å². The lowest BCUT2D eigenvalue weighted by atomic mass is 9.99. The Morgan fingerprint density at radius 2 is 2.14 bits per heavy atom. The van der Waals surface area contributed by atoms with Gasteiger partial charge in [0.25, 0.3) is 0 Å². The van der Waals surface area contributed by atoms with E-state index in [-0.39, 0.29) is 24.8 Å². The predicted octanol–water partition coefficient (Wildman–Crippen LogP) is 1.38. The Bertz CT molecular complexity index is 549. The maximum atomic E-state index is 13.4. The molecular weight excluding hydrogens is 275 g/mol. The third kappa shape index (κ3) is 3.39. The maximum Gasteiger partial charge on any atom is 0.323 e. The number of hydrogen-bond acceptors (Lipinski definition) is 3. The summed E-state index contributed by atoms with van der Waals surface area (Å²) in [4.78, 5) is 24.9. The van der Waals surface area contributed by atoms with Crippen LogP contribution in [0.25, 0.3) is 0 Å². The standard InChI is InChI=1S/C15H19FN2O3/c1-15(14(20)21)7-4-8-18(15)10-13(19)17-9-11-5-2-3-6-12(11)16/h2-3,5-6H,4,7-10H2,1H3,(H,17,19)(H,20,21). The third-order valence-corrected chi connectivity index (χ3v) is 4.02. The molecule has 21 heavy (non-hydrogen) atoms. The first-order chi connectivity index (χ1) is 9.93. The van der Waals surface area contributed by atoms with E-state index in [0.717, 1.165) is 6.42 Å². The van der Waals surface area contributed by atoms with Gasteiger partial charge in [-0.15, -0.1) is 0 Å².